The van der Waals surface area contributed by atoms with Crippen LogP contribution in [0.4, 0.5) is 5.69 Å². The second-order valence-corrected chi connectivity index (χ2v) is 5.70. The van der Waals surface area contributed by atoms with Crippen LogP contribution in [0, 0.1) is 0 Å². The second-order valence-electron chi connectivity index (χ2n) is 5.70. The van der Waals surface area contributed by atoms with Gasteiger partial charge in [0.05, 0.1) is 12.1 Å². The van der Waals surface area contributed by atoms with Crippen LogP contribution < -0.4 is 10.6 Å². The molecule has 4 heteroatoms. The van der Waals surface area contributed by atoms with E-state index >= 15 is 0 Å². The van der Waals surface area contributed by atoms with E-state index < -0.39 is 5.54 Å². The Morgan fingerprint density at radius 3 is 2.74 bits per heavy atom. The largest absolute Gasteiger partial charge is 0.394 e. The molecule has 0 atom stereocenters. The van der Waals surface area contributed by atoms with Crippen LogP contribution in [0.25, 0.3) is 0 Å². The van der Waals surface area contributed by atoms with Gasteiger partial charge < -0.3 is 15.7 Å². The van der Waals surface area contributed by atoms with Crippen molar-refractivity contribution in [2.45, 2.75) is 38.6 Å². The molecule has 4 nitrogen and oxygen atoms in total. The number of fused-ring (bicyclic) bond motifs is 1. The van der Waals surface area contributed by atoms with Crippen molar-refractivity contribution in [1.29, 1.82) is 0 Å². The summed E-state index contributed by atoms with van der Waals surface area (Å²) < 4.78 is 0. The maximum absolute atomic E-state index is 12.2. The van der Waals surface area contributed by atoms with E-state index in [-0.39, 0.29) is 12.5 Å². The molecule has 1 aromatic rings. The number of aliphatic hydroxyl groups is 1. The van der Waals surface area contributed by atoms with Gasteiger partial charge in [-0.25, -0.2) is 0 Å². The number of nitrogens with zero attached hydrogens (tertiary/aromatic N) is 1. The normalized spacial score (nSPS) is 15.6. The fourth-order valence-corrected chi connectivity index (χ4v) is 2.60. The lowest BCUT2D eigenvalue weighted by Gasteiger charge is -2.41. The highest BCUT2D eigenvalue weighted by molar-refractivity contribution is 5.97. The van der Waals surface area contributed by atoms with Crippen molar-refractivity contribution < 1.29 is 9.90 Å². The minimum Gasteiger partial charge on any atom is -0.394 e. The summed E-state index contributed by atoms with van der Waals surface area (Å²) in [7, 11) is 0. The number of benzene rings is 1. The Balaban J connectivity index is 2.42. The molecule has 0 spiro atoms. The van der Waals surface area contributed by atoms with Gasteiger partial charge >= 0.3 is 0 Å². The van der Waals surface area contributed by atoms with Gasteiger partial charge in [0.15, 0.2) is 0 Å². The highest BCUT2D eigenvalue weighted by Gasteiger charge is 2.35. The predicted octanol–water partition coefficient (Wildman–Crippen LogP) is 1.24. The molecule has 0 aliphatic carbocycles. The van der Waals surface area contributed by atoms with Crippen molar-refractivity contribution in [2.24, 2.45) is 5.73 Å². The fourth-order valence-electron chi connectivity index (χ4n) is 2.60. The molecule has 0 saturated carbocycles. The summed E-state index contributed by atoms with van der Waals surface area (Å²) in [6.07, 6.45) is 2.12. The van der Waals surface area contributed by atoms with Crippen LogP contribution in [0.5, 0.6) is 0 Å². The molecular formula is C15H22N2O2. The van der Waals surface area contributed by atoms with Gasteiger partial charge in [-0.05, 0) is 50.4 Å². The summed E-state index contributed by atoms with van der Waals surface area (Å²) in [6.45, 7) is 4.34. The number of carbonyl (C=O) groups excluding carboxylic acids is 1. The maximum atomic E-state index is 12.2. The molecule has 1 amide bonds. The molecule has 3 N–H and O–H groups in total. The summed E-state index contributed by atoms with van der Waals surface area (Å²) in [5.41, 5.74) is 8.32. The summed E-state index contributed by atoms with van der Waals surface area (Å²) in [5, 5.41) is 9.52. The Morgan fingerprint density at radius 2 is 2.11 bits per heavy atom. The van der Waals surface area contributed by atoms with Gasteiger partial charge in [0.2, 0.25) is 5.91 Å². The van der Waals surface area contributed by atoms with Crippen molar-refractivity contribution >= 4 is 11.6 Å². The molecule has 1 aromatic carbocycles. The van der Waals surface area contributed by atoms with E-state index in [1.807, 2.05) is 26.0 Å². The van der Waals surface area contributed by atoms with E-state index in [0.29, 0.717) is 13.0 Å². The van der Waals surface area contributed by atoms with Gasteiger partial charge in [0, 0.05) is 12.1 Å². The average molecular weight is 262 g/mol. The van der Waals surface area contributed by atoms with Crippen molar-refractivity contribution in [2.75, 3.05) is 18.1 Å². The maximum Gasteiger partial charge on any atom is 0.227 e. The van der Waals surface area contributed by atoms with E-state index in [1.54, 1.807) is 4.90 Å². The zero-order chi connectivity index (χ0) is 14.0. The zero-order valence-electron chi connectivity index (χ0n) is 11.6. The van der Waals surface area contributed by atoms with Gasteiger partial charge in [-0.1, -0.05) is 12.1 Å². The Hall–Kier alpha value is -1.39. The standard InChI is InChI=1S/C15H22N2O2/c1-15(2,10-18)17-13-5-3-11(7-8-16)9-12(13)4-6-14(17)19/h3,5,9,18H,4,6-8,10,16H2,1-2H3. The molecule has 0 bridgehead atoms. The summed E-state index contributed by atoms with van der Waals surface area (Å²) >= 11 is 0. The van der Waals surface area contributed by atoms with Crippen LogP contribution in [-0.2, 0) is 17.6 Å². The number of carbonyl (C=O) groups is 1. The molecule has 0 radical (unpaired) electrons. The third-order valence-corrected chi connectivity index (χ3v) is 3.67. The lowest BCUT2D eigenvalue weighted by Crippen LogP contribution is -2.52. The van der Waals surface area contributed by atoms with Crippen LogP contribution in [0.15, 0.2) is 18.2 Å². The van der Waals surface area contributed by atoms with Gasteiger partial charge in [0.1, 0.15) is 0 Å². The second kappa shape index (κ2) is 5.31. The molecule has 19 heavy (non-hydrogen) atoms. The Bertz CT molecular complexity index is 483. The monoisotopic (exact) mass is 262 g/mol. The SMILES string of the molecule is CC(C)(CO)N1C(=O)CCc2cc(CCN)ccc21. The molecule has 104 valence electrons. The molecule has 1 heterocycles. The van der Waals surface area contributed by atoms with Crippen molar-refractivity contribution in [3.8, 4) is 0 Å². The number of aliphatic hydroxyl groups excluding tert-OH is 1. The highest BCUT2D eigenvalue weighted by atomic mass is 16.3. The predicted molar refractivity (Wildman–Crippen MR) is 76.2 cm³/mol. The molecular weight excluding hydrogens is 240 g/mol. The van der Waals surface area contributed by atoms with Crippen LogP contribution >= 0.6 is 0 Å². The highest BCUT2D eigenvalue weighted by Crippen LogP contribution is 2.34. The van der Waals surface area contributed by atoms with Crippen molar-refractivity contribution in [1.82, 2.24) is 0 Å². The van der Waals surface area contributed by atoms with Gasteiger partial charge in [-0.3, -0.25) is 4.79 Å². The topological polar surface area (TPSA) is 66.6 Å². The number of rotatable bonds is 4. The number of anilines is 1. The van der Waals surface area contributed by atoms with Gasteiger partial charge in [-0.2, -0.15) is 0 Å². The van der Waals surface area contributed by atoms with E-state index in [4.69, 9.17) is 5.73 Å². The average Bonchev–Trinajstić information content (AvgIpc) is 2.39. The number of hydrogen-bond acceptors (Lipinski definition) is 3. The molecule has 0 fully saturated rings. The molecule has 0 unspecified atom stereocenters. The minimum atomic E-state index is -0.568. The van der Waals surface area contributed by atoms with Crippen molar-refractivity contribution in [3.05, 3.63) is 29.3 Å². The van der Waals surface area contributed by atoms with Crippen LogP contribution in [-0.4, -0.2) is 29.7 Å². The van der Waals surface area contributed by atoms with Gasteiger partial charge in [-0.15, -0.1) is 0 Å². The van der Waals surface area contributed by atoms with Crippen molar-refractivity contribution in [3.63, 3.8) is 0 Å². The molecule has 2 rings (SSSR count). The number of nitrogens with two attached hydrogens (primary N) is 1. The molecule has 0 aromatic heterocycles. The number of hydrogen-bond donors (Lipinski definition) is 2. The third-order valence-electron chi connectivity index (χ3n) is 3.67. The van der Waals surface area contributed by atoms with E-state index in [1.165, 1.54) is 11.1 Å². The minimum absolute atomic E-state index is 0.0528. The quantitative estimate of drug-likeness (QED) is 0.858. The zero-order valence-corrected chi connectivity index (χ0v) is 11.6. The smallest absolute Gasteiger partial charge is 0.227 e. The Kier molecular flexibility index (Phi) is 3.92. The first kappa shape index (κ1) is 14.0. The molecule has 1 aliphatic rings. The number of amides is 1. The lowest BCUT2D eigenvalue weighted by molar-refractivity contribution is -0.120. The summed E-state index contributed by atoms with van der Waals surface area (Å²) in [6, 6.07) is 6.13. The van der Waals surface area contributed by atoms with Crippen LogP contribution in [0.3, 0.4) is 0 Å². The van der Waals surface area contributed by atoms with Crippen LogP contribution in [0.2, 0.25) is 0 Å². The first-order valence-corrected chi connectivity index (χ1v) is 6.75. The Morgan fingerprint density at radius 1 is 1.37 bits per heavy atom. The van der Waals surface area contributed by atoms with E-state index in [0.717, 1.165) is 18.5 Å². The molecule has 1 aliphatic heterocycles. The first-order chi connectivity index (χ1) is 8.99. The molecule has 0 saturated heterocycles. The van der Waals surface area contributed by atoms with E-state index in [9.17, 15) is 9.90 Å². The lowest BCUT2D eigenvalue weighted by atomic mass is 9.92. The van der Waals surface area contributed by atoms with Gasteiger partial charge in [0.25, 0.3) is 0 Å². The Labute approximate surface area is 114 Å². The first-order valence-electron chi connectivity index (χ1n) is 6.75. The van der Waals surface area contributed by atoms with E-state index in [2.05, 4.69) is 6.07 Å². The fraction of sp³-hybridized carbons (Fsp3) is 0.533. The summed E-state index contributed by atoms with van der Waals surface area (Å²) in [5.74, 6) is 0.0816. The summed E-state index contributed by atoms with van der Waals surface area (Å²) in [4.78, 5) is 13.9. The van der Waals surface area contributed by atoms with Crippen LogP contribution in [0.1, 0.15) is 31.4 Å². The number of aryl methyl sites for hydroxylation is 1. The third kappa shape index (κ3) is 2.65.